The molecule has 0 spiro atoms. The van der Waals surface area contributed by atoms with Crippen molar-refractivity contribution in [2.75, 3.05) is 56.2 Å². The lowest BCUT2D eigenvalue weighted by Crippen LogP contribution is -2.44. The van der Waals surface area contributed by atoms with Crippen LogP contribution >= 0.6 is 23.5 Å². The molecule has 0 unspecified atom stereocenters. The zero-order valence-corrected chi connectivity index (χ0v) is 19.6. The van der Waals surface area contributed by atoms with E-state index in [9.17, 15) is 4.79 Å². The van der Waals surface area contributed by atoms with Crippen molar-refractivity contribution in [2.45, 2.75) is 17.5 Å². The number of hydrogen-bond donors (Lipinski definition) is 1. The summed E-state index contributed by atoms with van der Waals surface area (Å²) in [5.41, 5.74) is 2.37. The number of likely N-dealkylation sites (N-methyl/N-ethyl adjacent to an activating group) is 1. The Kier molecular flexibility index (Phi) is 7.99. The number of aromatic nitrogens is 1. The lowest BCUT2D eigenvalue weighted by atomic mass is 10.2. The first-order valence-electron chi connectivity index (χ1n) is 10.8. The highest BCUT2D eigenvalue weighted by molar-refractivity contribution is 8.16. The van der Waals surface area contributed by atoms with Crippen molar-refractivity contribution in [1.82, 2.24) is 15.2 Å². The minimum Gasteiger partial charge on any atom is -0.484 e. The molecule has 2 aromatic rings. The van der Waals surface area contributed by atoms with Crippen LogP contribution in [0, 0.1) is 0 Å². The third-order valence-corrected chi connectivity index (χ3v) is 8.49. The second-order valence-corrected chi connectivity index (χ2v) is 10.6. The van der Waals surface area contributed by atoms with Gasteiger partial charge in [-0.2, -0.15) is 0 Å². The van der Waals surface area contributed by atoms with Gasteiger partial charge in [-0.15, -0.1) is 23.5 Å². The maximum Gasteiger partial charge on any atom is 0.258 e. The normalized spacial score (nSPS) is 18.0. The third kappa shape index (κ3) is 6.54. The van der Waals surface area contributed by atoms with Gasteiger partial charge in [-0.05, 0) is 60.4 Å². The van der Waals surface area contributed by atoms with E-state index in [-0.39, 0.29) is 12.5 Å². The van der Waals surface area contributed by atoms with Crippen LogP contribution in [0.5, 0.6) is 5.75 Å². The topological polar surface area (TPSA) is 57.7 Å². The van der Waals surface area contributed by atoms with Gasteiger partial charge in [-0.1, -0.05) is 12.1 Å². The van der Waals surface area contributed by atoms with Crippen LogP contribution in [0.4, 0.5) is 5.82 Å². The van der Waals surface area contributed by atoms with E-state index in [0.29, 0.717) is 11.1 Å². The number of nitrogens with zero attached hydrogens (tertiary/aromatic N) is 3. The Morgan fingerprint density at radius 2 is 1.87 bits per heavy atom. The van der Waals surface area contributed by atoms with Gasteiger partial charge < -0.3 is 19.9 Å². The van der Waals surface area contributed by atoms with E-state index in [1.807, 2.05) is 47.9 Å². The number of benzene rings is 1. The Morgan fingerprint density at radius 1 is 1.13 bits per heavy atom. The third-order valence-electron chi connectivity index (χ3n) is 5.48. The fourth-order valence-corrected chi connectivity index (χ4v) is 6.48. The van der Waals surface area contributed by atoms with Crippen molar-refractivity contribution in [1.29, 1.82) is 0 Å². The standard InChI is InChI=1S/C23H30N4O2S2/c1-26-9-11-27(12-10-26)21-15-18(7-8-24-21)16-25-22(28)17-29-20-5-3-19(4-6-20)23-30-13-2-14-31-23/h3-8,15,23H,2,9-14,16-17H2,1H3,(H,25,28). The van der Waals surface area contributed by atoms with Gasteiger partial charge in [0.2, 0.25) is 0 Å². The van der Waals surface area contributed by atoms with Gasteiger partial charge in [0.15, 0.2) is 6.61 Å². The minimum absolute atomic E-state index is 0.0165. The van der Waals surface area contributed by atoms with Gasteiger partial charge in [0, 0.05) is 38.9 Å². The lowest BCUT2D eigenvalue weighted by molar-refractivity contribution is -0.123. The number of carbonyl (C=O) groups is 1. The maximum absolute atomic E-state index is 12.3. The number of piperazine rings is 1. The first-order valence-corrected chi connectivity index (χ1v) is 12.9. The molecule has 2 saturated heterocycles. The molecule has 0 radical (unpaired) electrons. The monoisotopic (exact) mass is 458 g/mol. The molecule has 1 aromatic heterocycles. The molecule has 0 atom stereocenters. The smallest absolute Gasteiger partial charge is 0.258 e. The number of anilines is 1. The van der Waals surface area contributed by atoms with Crippen molar-refractivity contribution in [3.63, 3.8) is 0 Å². The molecule has 6 nitrogen and oxygen atoms in total. The van der Waals surface area contributed by atoms with E-state index in [4.69, 9.17) is 4.74 Å². The molecular weight excluding hydrogens is 428 g/mol. The summed E-state index contributed by atoms with van der Waals surface area (Å²) in [7, 11) is 2.14. The molecule has 0 bridgehead atoms. The number of rotatable bonds is 7. The Hall–Kier alpha value is -1.90. The number of amides is 1. The summed E-state index contributed by atoms with van der Waals surface area (Å²) in [6.45, 7) is 4.52. The fourth-order valence-electron chi connectivity index (χ4n) is 3.58. The number of ether oxygens (including phenoxy) is 1. The summed E-state index contributed by atoms with van der Waals surface area (Å²) in [4.78, 5) is 21.4. The van der Waals surface area contributed by atoms with Crippen molar-refractivity contribution in [3.8, 4) is 5.75 Å². The molecule has 166 valence electrons. The quantitative estimate of drug-likeness (QED) is 0.682. The second kappa shape index (κ2) is 11.1. The highest BCUT2D eigenvalue weighted by Crippen LogP contribution is 2.43. The molecule has 31 heavy (non-hydrogen) atoms. The number of hydrogen-bond acceptors (Lipinski definition) is 7. The van der Waals surface area contributed by atoms with E-state index in [2.05, 4.69) is 45.3 Å². The van der Waals surface area contributed by atoms with Crippen LogP contribution in [-0.2, 0) is 11.3 Å². The highest BCUT2D eigenvalue weighted by atomic mass is 32.2. The Balaban J connectivity index is 1.22. The summed E-state index contributed by atoms with van der Waals surface area (Å²) in [6.07, 6.45) is 3.11. The molecule has 1 amide bonds. The van der Waals surface area contributed by atoms with Gasteiger partial charge >= 0.3 is 0 Å². The van der Waals surface area contributed by atoms with Crippen LogP contribution in [-0.4, -0.2) is 67.1 Å². The van der Waals surface area contributed by atoms with Crippen molar-refractivity contribution in [2.24, 2.45) is 0 Å². The number of thioether (sulfide) groups is 2. The molecule has 1 N–H and O–H groups in total. The average Bonchev–Trinajstić information content (AvgIpc) is 2.83. The molecule has 2 aliphatic heterocycles. The lowest BCUT2D eigenvalue weighted by Gasteiger charge is -2.33. The van der Waals surface area contributed by atoms with Gasteiger partial charge in [0.05, 0.1) is 4.58 Å². The van der Waals surface area contributed by atoms with Gasteiger partial charge in [-0.3, -0.25) is 4.79 Å². The molecule has 0 aliphatic carbocycles. The molecule has 2 fully saturated rings. The van der Waals surface area contributed by atoms with Crippen LogP contribution in [0.15, 0.2) is 42.6 Å². The highest BCUT2D eigenvalue weighted by Gasteiger charge is 2.17. The van der Waals surface area contributed by atoms with Gasteiger partial charge in [0.25, 0.3) is 5.91 Å². The number of nitrogens with one attached hydrogen (secondary N) is 1. The molecule has 0 saturated carbocycles. The Morgan fingerprint density at radius 3 is 2.61 bits per heavy atom. The van der Waals surface area contributed by atoms with Crippen LogP contribution in [0.2, 0.25) is 0 Å². The molecule has 4 rings (SSSR count). The van der Waals surface area contributed by atoms with E-state index >= 15 is 0 Å². The van der Waals surface area contributed by atoms with E-state index in [0.717, 1.165) is 43.3 Å². The average molecular weight is 459 g/mol. The van der Waals surface area contributed by atoms with Crippen molar-refractivity contribution >= 4 is 35.2 Å². The zero-order chi connectivity index (χ0) is 21.5. The SMILES string of the molecule is CN1CCN(c2cc(CNC(=O)COc3ccc(C4SCCCS4)cc3)ccn2)CC1. The summed E-state index contributed by atoms with van der Waals surface area (Å²) in [5.74, 6) is 4.03. The van der Waals surface area contributed by atoms with Crippen LogP contribution < -0.4 is 15.0 Å². The molecular formula is C23H30N4O2S2. The van der Waals surface area contributed by atoms with Crippen LogP contribution in [0.25, 0.3) is 0 Å². The first-order chi connectivity index (χ1) is 15.2. The van der Waals surface area contributed by atoms with Crippen molar-refractivity contribution < 1.29 is 9.53 Å². The van der Waals surface area contributed by atoms with Gasteiger partial charge in [0.1, 0.15) is 11.6 Å². The largest absolute Gasteiger partial charge is 0.484 e. The summed E-state index contributed by atoms with van der Waals surface area (Å²) >= 11 is 4.01. The molecule has 8 heteroatoms. The Labute approximate surface area is 193 Å². The summed E-state index contributed by atoms with van der Waals surface area (Å²) < 4.78 is 6.19. The summed E-state index contributed by atoms with van der Waals surface area (Å²) in [6, 6.07) is 12.2. The summed E-state index contributed by atoms with van der Waals surface area (Å²) in [5, 5.41) is 2.94. The molecule has 3 heterocycles. The number of pyridine rings is 1. The molecule has 1 aromatic carbocycles. The zero-order valence-electron chi connectivity index (χ0n) is 18.0. The predicted molar refractivity (Wildman–Crippen MR) is 130 cm³/mol. The van der Waals surface area contributed by atoms with Gasteiger partial charge in [-0.25, -0.2) is 4.98 Å². The van der Waals surface area contributed by atoms with E-state index in [1.165, 1.54) is 23.5 Å². The van der Waals surface area contributed by atoms with Crippen molar-refractivity contribution in [3.05, 3.63) is 53.7 Å². The second-order valence-electron chi connectivity index (χ2n) is 7.87. The van der Waals surface area contributed by atoms with Crippen LogP contribution in [0.3, 0.4) is 0 Å². The van der Waals surface area contributed by atoms with E-state index < -0.39 is 0 Å². The number of carbonyl (C=O) groups excluding carboxylic acids is 1. The minimum atomic E-state index is -0.125. The Bertz CT molecular complexity index is 851. The maximum atomic E-state index is 12.3. The van der Waals surface area contributed by atoms with E-state index in [1.54, 1.807) is 0 Å². The predicted octanol–water partition coefficient (Wildman–Crippen LogP) is 3.40. The van der Waals surface area contributed by atoms with Crippen LogP contribution in [0.1, 0.15) is 22.1 Å². The molecule has 2 aliphatic rings. The first kappa shape index (κ1) is 22.3. The fraction of sp³-hybridized carbons (Fsp3) is 0.478.